The van der Waals surface area contributed by atoms with Crippen LogP contribution in [0.5, 0.6) is 0 Å². The fourth-order valence-corrected chi connectivity index (χ4v) is 4.23. The first-order valence-corrected chi connectivity index (χ1v) is 9.94. The lowest BCUT2D eigenvalue weighted by atomic mass is 9.91. The van der Waals surface area contributed by atoms with Crippen LogP contribution in [0.4, 0.5) is 4.39 Å². The van der Waals surface area contributed by atoms with Gasteiger partial charge in [-0.3, -0.25) is 4.79 Å². The van der Waals surface area contributed by atoms with Gasteiger partial charge in [0.1, 0.15) is 5.65 Å². The maximum Gasteiger partial charge on any atom is 0.224 e. The molecule has 2 fully saturated rings. The molecule has 144 valence electrons. The highest BCUT2D eigenvalue weighted by Gasteiger charge is 2.38. The molecule has 0 spiro atoms. The van der Waals surface area contributed by atoms with E-state index in [9.17, 15) is 9.18 Å². The van der Waals surface area contributed by atoms with Crippen molar-refractivity contribution in [1.29, 1.82) is 0 Å². The molecule has 0 bridgehead atoms. The van der Waals surface area contributed by atoms with Gasteiger partial charge in [-0.2, -0.15) is 0 Å². The minimum atomic E-state index is -0.462. The van der Waals surface area contributed by atoms with Crippen LogP contribution in [0.15, 0.2) is 24.7 Å². The standard InChI is InChI=1S/C20H19ClFN5O/c21-10-6-14-15(8-24-18(14)23-7-10)19-25-9-16(22)17(27-19)12-2-1-3-13(12)20(28)26-11-4-5-11/h6-9,11-13H,1-5H2,(H,23,24)(H,26,28)/t12?,13-/m0/s1. The Balaban J connectivity index is 1.51. The number of pyridine rings is 1. The summed E-state index contributed by atoms with van der Waals surface area (Å²) < 4.78 is 14.7. The van der Waals surface area contributed by atoms with Crippen LogP contribution in [0.3, 0.4) is 0 Å². The summed E-state index contributed by atoms with van der Waals surface area (Å²) >= 11 is 6.07. The molecule has 2 atom stereocenters. The number of nitrogens with zero attached hydrogens (tertiary/aromatic N) is 3. The Morgan fingerprint density at radius 3 is 2.89 bits per heavy atom. The number of halogens is 2. The highest BCUT2D eigenvalue weighted by molar-refractivity contribution is 6.31. The van der Waals surface area contributed by atoms with Crippen LogP contribution in [0, 0.1) is 11.7 Å². The highest BCUT2D eigenvalue weighted by Crippen LogP contribution is 2.41. The van der Waals surface area contributed by atoms with Gasteiger partial charge in [0, 0.05) is 41.2 Å². The highest BCUT2D eigenvalue weighted by atomic mass is 35.5. The maximum atomic E-state index is 14.7. The van der Waals surface area contributed by atoms with Gasteiger partial charge in [-0.05, 0) is 31.7 Å². The predicted octanol–water partition coefficient (Wildman–Crippen LogP) is 3.97. The fraction of sp³-hybridized carbons (Fsp3) is 0.400. The van der Waals surface area contributed by atoms with Crippen LogP contribution in [0.25, 0.3) is 22.4 Å². The van der Waals surface area contributed by atoms with Crippen molar-refractivity contribution < 1.29 is 9.18 Å². The van der Waals surface area contributed by atoms with E-state index in [0.29, 0.717) is 33.8 Å². The van der Waals surface area contributed by atoms with E-state index in [4.69, 9.17) is 11.6 Å². The van der Waals surface area contributed by atoms with E-state index in [1.54, 1.807) is 18.5 Å². The number of H-pyrrole nitrogens is 1. The molecule has 2 N–H and O–H groups in total. The van der Waals surface area contributed by atoms with Crippen molar-refractivity contribution in [2.75, 3.05) is 0 Å². The van der Waals surface area contributed by atoms with Gasteiger partial charge in [0.25, 0.3) is 0 Å². The maximum absolute atomic E-state index is 14.7. The van der Waals surface area contributed by atoms with Gasteiger partial charge in [0.2, 0.25) is 5.91 Å². The summed E-state index contributed by atoms with van der Waals surface area (Å²) in [6.45, 7) is 0. The SMILES string of the molecule is O=C(NC1CC1)[C@H]1CCCC1c1nc(-c2c[nH]c3ncc(Cl)cc23)ncc1F. The number of amides is 1. The molecule has 3 aromatic heterocycles. The first-order valence-electron chi connectivity index (χ1n) is 9.56. The summed E-state index contributed by atoms with van der Waals surface area (Å²) in [4.78, 5) is 28.7. The summed E-state index contributed by atoms with van der Waals surface area (Å²) in [5, 5.41) is 4.34. The predicted molar refractivity (Wildman–Crippen MR) is 103 cm³/mol. The van der Waals surface area contributed by atoms with Crippen molar-refractivity contribution in [2.24, 2.45) is 5.92 Å². The number of hydrogen-bond acceptors (Lipinski definition) is 4. The van der Waals surface area contributed by atoms with Crippen LogP contribution in [0.2, 0.25) is 5.02 Å². The average molecular weight is 400 g/mol. The third kappa shape index (κ3) is 3.13. The quantitative estimate of drug-likeness (QED) is 0.695. The molecule has 0 radical (unpaired) electrons. The van der Waals surface area contributed by atoms with Gasteiger partial charge >= 0.3 is 0 Å². The lowest BCUT2D eigenvalue weighted by Gasteiger charge is -2.19. The third-order valence-corrected chi connectivity index (χ3v) is 5.84. The average Bonchev–Trinajstić information content (AvgIpc) is 3.20. The molecular weight excluding hydrogens is 381 g/mol. The minimum absolute atomic E-state index is 0.0210. The number of fused-ring (bicyclic) bond motifs is 1. The number of carbonyl (C=O) groups is 1. The van der Waals surface area contributed by atoms with Crippen LogP contribution < -0.4 is 5.32 Å². The molecule has 2 aliphatic carbocycles. The van der Waals surface area contributed by atoms with Crippen LogP contribution >= 0.6 is 11.6 Å². The van der Waals surface area contributed by atoms with E-state index < -0.39 is 5.82 Å². The van der Waals surface area contributed by atoms with Gasteiger partial charge in [-0.25, -0.2) is 19.3 Å². The number of nitrogens with one attached hydrogen (secondary N) is 2. The van der Waals surface area contributed by atoms with Crippen molar-refractivity contribution >= 4 is 28.5 Å². The first kappa shape index (κ1) is 17.6. The summed E-state index contributed by atoms with van der Waals surface area (Å²) in [5.41, 5.74) is 1.70. The van der Waals surface area contributed by atoms with Crippen LogP contribution in [-0.4, -0.2) is 31.9 Å². The Morgan fingerprint density at radius 1 is 1.21 bits per heavy atom. The topological polar surface area (TPSA) is 83.6 Å². The second-order valence-corrected chi connectivity index (χ2v) is 8.04. The Bertz CT molecular complexity index is 1060. The van der Waals surface area contributed by atoms with Gasteiger partial charge in [-0.15, -0.1) is 0 Å². The summed E-state index contributed by atoms with van der Waals surface area (Å²) in [6.07, 6.45) is 8.96. The van der Waals surface area contributed by atoms with E-state index in [1.165, 1.54) is 6.20 Å². The summed E-state index contributed by atoms with van der Waals surface area (Å²) in [5.74, 6) is -0.507. The van der Waals surface area contributed by atoms with Gasteiger partial charge in [-0.1, -0.05) is 18.0 Å². The number of carbonyl (C=O) groups excluding carboxylic acids is 1. The lowest BCUT2D eigenvalue weighted by Crippen LogP contribution is -2.34. The zero-order valence-electron chi connectivity index (χ0n) is 15.1. The normalized spacial score (nSPS) is 21.9. The van der Waals surface area contributed by atoms with Gasteiger partial charge in [0.05, 0.1) is 16.9 Å². The van der Waals surface area contributed by atoms with E-state index in [2.05, 4.69) is 25.3 Å². The van der Waals surface area contributed by atoms with Crippen LogP contribution in [-0.2, 0) is 4.79 Å². The van der Waals surface area contributed by atoms with Gasteiger partial charge in [0.15, 0.2) is 11.6 Å². The summed E-state index contributed by atoms with van der Waals surface area (Å²) in [7, 11) is 0. The van der Waals surface area contributed by atoms with E-state index in [-0.39, 0.29) is 17.7 Å². The lowest BCUT2D eigenvalue weighted by molar-refractivity contribution is -0.125. The number of aromatic nitrogens is 4. The van der Waals surface area contributed by atoms with Gasteiger partial charge < -0.3 is 10.3 Å². The molecular formula is C20H19ClFN5O. The zero-order valence-corrected chi connectivity index (χ0v) is 15.8. The van der Waals surface area contributed by atoms with Crippen molar-refractivity contribution in [2.45, 2.75) is 44.1 Å². The molecule has 5 rings (SSSR count). The minimum Gasteiger partial charge on any atom is -0.353 e. The first-order chi connectivity index (χ1) is 13.6. The molecule has 1 unspecified atom stereocenters. The molecule has 0 aliphatic heterocycles. The Hall–Kier alpha value is -2.54. The number of aromatic amines is 1. The molecule has 0 saturated heterocycles. The Labute approximate surface area is 165 Å². The smallest absolute Gasteiger partial charge is 0.224 e. The van der Waals surface area contributed by atoms with Crippen molar-refractivity contribution in [3.05, 3.63) is 41.2 Å². The molecule has 6 nitrogen and oxygen atoms in total. The molecule has 1 amide bonds. The summed E-state index contributed by atoms with van der Waals surface area (Å²) in [6, 6.07) is 2.08. The molecule has 0 aromatic carbocycles. The van der Waals surface area contributed by atoms with Crippen molar-refractivity contribution in [3.8, 4) is 11.4 Å². The number of rotatable bonds is 4. The monoisotopic (exact) mass is 399 g/mol. The Morgan fingerprint density at radius 2 is 2.07 bits per heavy atom. The number of hydrogen-bond donors (Lipinski definition) is 2. The molecule has 3 heterocycles. The second kappa shape index (κ2) is 6.81. The molecule has 2 aliphatic rings. The molecule has 28 heavy (non-hydrogen) atoms. The second-order valence-electron chi connectivity index (χ2n) is 7.61. The Kier molecular flexibility index (Phi) is 4.27. The van der Waals surface area contributed by atoms with Crippen molar-refractivity contribution in [1.82, 2.24) is 25.3 Å². The van der Waals surface area contributed by atoms with E-state index in [1.807, 2.05) is 0 Å². The zero-order chi connectivity index (χ0) is 19.3. The van der Waals surface area contributed by atoms with Crippen LogP contribution in [0.1, 0.15) is 43.7 Å². The molecule has 3 aromatic rings. The molecule has 8 heteroatoms. The van der Waals surface area contributed by atoms with E-state index >= 15 is 0 Å². The molecule has 2 saturated carbocycles. The fourth-order valence-electron chi connectivity index (χ4n) is 4.07. The third-order valence-electron chi connectivity index (χ3n) is 5.64. The largest absolute Gasteiger partial charge is 0.353 e. The van der Waals surface area contributed by atoms with E-state index in [0.717, 1.165) is 37.5 Å². The van der Waals surface area contributed by atoms with Crippen molar-refractivity contribution in [3.63, 3.8) is 0 Å².